The summed E-state index contributed by atoms with van der Waals surface area (Å²) in [6, 6.07) is 8.97. The van der Waals surface area contributed by atoms with Crippen LogP contribution in [0.3, 0.4) is 0 Å². The molecule has 1 aromatic carbocycles. The average Bonchev–Trinajstić information content (AvgIpc) is 3.39. The molecule has 1 N–H and O–H groups in total. The van der Waals surface area contributed by atoms with Crippen LogP contribution in [0.1, 0.15) is 40.5 Å². The van der Waals surface area contributed by atoms with E-state index in [1.54, 1.807) is 41.6 Å². The van der Waals surface area contributed by atoms with Crippen molar-refractivity contribution >= 4 is 68.3 Å². The molecule has 2 amide bonds. The number of likely N-dealkylation sites (tertiary alicyclic amines) is 1. The van der Waals surface area contributed by atoms with Crippen molar-refractivity contribution in [1.29, 1.82) is 0 Å². The molecule has 12 nitrogen and oxygen atoms in total. The number of carbonyl (C=O) groups is 2. The fourth-order valence-electron chi connectivity index (χ4n) is 5.81. The molecule has 2 saturated heterocycles. The predicted molar refractivity (Wildman–Crippen MR) is 176 cm³/mol. The smallest absolute Gasteiger partial charge is 0.321 e. The molecule has 16 heteroatoms. The molecule has 46 heavy (non-hydrogen) atoms. The topological polar surface area (TPSA) is 142 Å². The van der Waals surface area contributed by atoms with Gasteiger partial charge in [-0.3, -0.25) is 14.0 Å². The molecular weight excluding hydrogens is 733 g/mol. The highest BCUT2D eigenvalue weighted by Crippen LogP contribution is 2.37. The minimum Gasteiger partial charge on any atom is -0.342 e. The molecule has 1 unspecified atom stereocenters. The van der Waals surface area contributed by atoms with Crippen LogP contribution in [0.5, 0.6) is 0 Å². The number of aliphatic imine (C=N–C) groups is 1. The minimum atomic E-state index is -3.32. The predicted octanol–water partition coefficient (Wildman–Crippen LogP) is 4.46. The van der Waals surface area contributed by atoms with Crippen LogP contribution in [0, 0.1) is 5.92 Å². The second kappa shape index (κ2) is 12.4. The van der Waals surface area contributed by atoms with Crippen molar-refractivity contribution in [2.75, 3.05) is 37.8 Å². The molecule has 5 heterocycles. The average molecular weight is 763 g/mol. The number of fused-ring (bicyclic) bond motifs is 1. The molecule has 2 aliphatic heterocycles. The highest BCUT2D eigenvalue weighted by molar-refractivity contribution is 14.1. The van der Waals surface area contributed by atoms with Gasteiger partial charge in [-0.1, -0.05) is 12.1 Å². The van der Waals surface area contributed by atoms with Gasteiger partial charge >= 0.3 is 3.93 Å². The van der Waals surface area contributed by atoms with E-state index < -0.39 is 19.9 Å². The fraction of sp³-hybridized carbons (Fsp3) is 0.333. The van der Waals surface area contributed by atoms with Gasteiger partial charge in [0, 0.05) is 90.0 Å². The molecule has 0 aliphatic carbocycles. The lowest BCUT2D eigenvalue weighted by atomic mass is 9.94. The standard InChI is InChI=1S/C30H29F2IN8O4S/c1-34-26-25-24(18-5-7-19(8-6-18)28(42)37-23-14-22(9-10-35-23)30(31,32)33)38-27(41(25)13-11-36-26)20-4-3-12-39(15-20)29(43)21-16-40(17-21)46(2,44)45/h5-11,13-14,20-21H,1,3-4,12,15-17H2,2H3,(H,35,37,42). The van der Waals surface area contributed by atoms with Crippen LogP contribution in [0.25, 0.3) is 16.8 Å². The summed E-state index contributed by atoms with van der Waals surface area (Å²) in [5.74, 6) is 0.0654. The van der Waals surface area contributed by atoms with Gasteiger partial charge in [-0.25, -0.2) is 32.7 Å². The summed E-state index contributed by atoms with van der Waals surface area (Å²) in [5, 5.41) is 2.56. The van der Waals surface area contributed by atoms with Crippen LogP contribution in [-0.4, -0.2) is 87.9 Å². The van der Waals surface area contributed by atoms with E-state index in [1.165, 1.54) is 16.6 Å². The molecule has 3 aromatic heterocycles. The van der Waals surface area contributed by atoms with E-state index in [1.807, 2.05) is 4.40 Å². The summed E-state index contributed by atoms with van der Waals surface area (Å²) in [4.78, 5) is 45.4. The Kier molecular flexibility index (Phi) is 8.62. The molecule has 2 aliphatic rings. The number of nitrogens with zero attached hydrogens (tertiary/aromatic N) is 7. The number of sulfonamides is 1. The number of amides is 2. The van der Waals surface area contributed by atoms with E-state index in [4.69, 9.17) is 4.98 Å². The van der Waals surface area contributed by atoms with E-state index >= 15 is 0 Å². The number of carbonyl (C=O) groups excluding carboxylic acids is 2. The first-order valence-corrected chi connectivity index (χ1v) is 17.3. The van der Waals surface area contributed by atoms with Crippen LogP contribution < -0.4 is 5.32 Å². The second-order valence-corrected chi connectivity index (χ2v) is 14.6. The van der Waals surface area contributed by atoms with Crippen LogP contribution >= 0.6 is 22.6 Å². The van der Waals surface area contributed by atoms with Crippen molar-refractivity contribution in [2.24, 2.45) is 10.9 Å². The number of piperidine rings is 1. The summed E-state index contributed by atoms with van der Waals surface area (Å²) >= 11 is 1.02. The van der Waals surface area contributed by atoms with E-state index in [2.05, 4.69) is 27.0 Å². The number of hydrogen-bond donors (Lipinski definition) is 1. The van der Waals surface area contributed by atoms with Gasteiger partial charge in [0.15, 0.2) is 5.82 Å². The first-order chi connectivity index (χ1) is 21.8. The largest absolute Gasteiger partial charge is 0.342 e. The Morgan fingerprint density at radius 2 is 1.85 bits per heavy atom. The van der Waals surface area contributed by atoms with E-state index in [-0.39, 0.29) is 47.8 Å². The monoisotopic (exact) mass is 762 g/mol. The van der Waals surface area contributed by atoms with E-state index in [0.717, 1.165) is 53.6 Å². The van der Waals surface area contributed by atoms with E-state index in [9.17, 15) is 26.8 Å². The summed E-state index contributed by atoms with van der Waals surface area (Å²) in [7, 11) is -3.32. The number of hydrogen-bond acceptors (Lipinski definition) is 8. The number of anilines is 1. The van der Waals surface area contributed by atoms with Crippen molar-refractivity contribution in [3.8, 4) is 11.3 Å². The number of alkyl halides is 3. The molecule has 2 fully saturated rings. The number of halogens is 3. The Morgan fingerprint density at radius 3 is 2.52 bits per heavy atom. The quantitative estimate of drug-likeness (QED) is 0.159. The number of pyridine rings is 1. The number of imidazole rings is 1. The molecule has 6 rings (SSSR count). The zero-order valence-electron chi connectivity index (χ0n) is 24.6. The third-order valence-electron chi connectivity index (χ3n) is 8.23. The summed E-state index contributed by atoms with van der Waals surface area (Å²) < 4.78 is 51.1. The van der Waals surface area contributed by atoms with Crippen molar-refractivity contribution in [2.45, 2.75) is 22.7 Å². The lowest BCUT2D eigenvalue weighted by Crippen LogP contribution is -2.57. The van der Waals surface area contributed by atoms with Gasteiger partial charge in [-0.2, -0.15) is 8.78 Å². The molecule has 1 atom stereocenters. The molecule has 0 saturated carbocycles. The van der Waals surface area contributed by atoms with Crippen LogP contribution in [-0.2, 0) is 18.7 Å². The van der Waals surface area contributed by atoms with Crippen molar-refractivity contribution < 1.29 is 26.8 Å². The molecule has 4 aromatic rings. The minimum absolute atomic E-state index is 0.00506. The van der Waals surface area contributed by atoms with Crippen molar-refractivity contribution in [3.05, 3.63) is 71.9 Å². The highest BCUT2D eigenvalue weighted by Gasteiger charge is 2.41. The lowest BCUT2D eigenvalue weighted by Gasteiger charge is -2.41. The van der Waals surface area contributed by atoms with Gasteiger partial charge in [0.05, 0.1) is 12.2 Å². The Balaban J connectivity index is 1.25. The maximum absolute atomic E-state index is 13.7. The number of aromatic nitrogens is 4. The maximum Gasteiger partial charge on any atom is 0.321 e. The van der Waals surface area contributed by atoms with Gasteiger partial charge in [0.1, 0.15) is 22.9 Å². The number of nitrogens with one attached hydrogen (secondary N) is 1. The summed E-state index contributed by atoms with van der Waals surface area (Å²) in [5.41, 5.74) is 1.89. The zero-order valence-corrected chi connectivity index (χ0v) is 27.6. The fourth-order valence-corrected chi connectivity index (χ4v) is 7.04. The Bertz CT molecular complexity index is 1940. The highest BCUT2D eigenvalue weighted by atomic mass is 127. The van der Waals surface area contributed by atoms with Gasteiger partial charge in [0.2, 0.25) is 15.9 Å². The van der Waals surface area contributed by atoms with Crippen LogP contribution in [0.4, 0.5) is 20.4 Å². The lowest BCUT2D eigenvalue weighted by molar-refractivity contribution is -0.140. The SMILES string of the molecule is C=Nc1nccn2c(C3CCCN(C(=O)C4CN(S(C)(=O)=O)C4)C3)nc(-c3ccc(C(=O)Nc4cc(C(F)(F)I)ccn4)cc3)c12. The first kappa shape index (κ1) is 32.1. The van der Waals surface area contributed by atoms with Gasteiger partial charge < -0.3 is 10.2 Å². The van der Waals surface area contributed by atoms with Crippen molar-refractivity contribution in [3.63, 3.8) is 0 Å². The van der Waals surface area contributed by atoms with Crippen LogP contribution in [0.15, 0.2) is 60.0 Å². The first-order valence-electron chi connectivity index (χ1n) is 14.4. The molecular formula is C30H29F2IN8O4S. The molecule has 0 radical (unpaired) electrons. The zero-order chi connectivity index (χ0) is 32.8. The van der Waals surface area contributed by atoms with Crippen LogP contribution in [0.2, 0.25) is 0 Å². The molecule has 0 spiro atoms. The Morgan fingerprint density at radius 1 is 1.11 bits per heavy atom. The van der Waals surface area contributed by atoms with Gasteiger partial charge in [-0.05, 0) is 43.8 Å². The number of benzene rings is 1. The normalized spacial score (nSPS) is 17.9. The summed E-state index contributed by atoms with van der Waals surface area (Å²) in [6.07, 6.45) is 7.30. The Hall–Kier alpha value is -3.90. The van der Waals surface area contributed by atoms with E-state index in [0.29, 0.717) is 35.7 Å². The second-order valence-electron chi connectivity index (χ2n) is 11.3. The summed E-state index contributed by atoms with van der Waals surface area (Å²) in [6.45, 7) is 5.08. The van der Waals surface area contributed by atoms with Gasteiger partial charge in [0.25, 0.3) is 5.91 Å². The third kappa shape index (κ3) is 6.37. The van der Waals surface area contributed by atoms with Crippen molar-refractivity contribution in [1.82, 2.24) is 28.6 Å². The molecule has 240 valence electrons. The third-order valence-corrected chi connectivity index (χ3v) is 10.1. The molecule has 0 bridgehead atoms. The maximum atomic E-state index is 13.7. The Labute approximate surface area is 277 Å². The van der Waals surface area contributed by atoms with Gasteiger partial charge in [-0.15, -0.1) is 0 Å². The number of rotatable bonds is 8.